The highest BCUT2D eigenvalue weighted by molar-refractivity contribution is 7.87. The lowest BCUT2D eigenvalue weighted by Crippen LogP contribution is -2.43. The predicted molar refractivity (Wildman–Crippen MR) is 151 cm³/mol. The summed E-state index contributed by atoms with van der Waals surface area (Å²) < 4.78 is 31.2. The van der Waals surface area contributed by atoms with Gasteiger partial charge in [-0.05, 0) is 60.4 Å². The highest BCUT2D eigenvalue weighted by Gasteiger charge is 2.48. The highest BCUT2D eigenvalue weighted by atomic mass is 35.5. The van der Waals surface area contributed by atoms with Gasteiger partial charge in [-0.25, -0.2) is 0 Å². The van der Waals surface area contributed by atoms with Crippen molar-refractivity contribution in [2.45, 2.75) is 71.1 Å². The fraction of sp³-hybridized carbons (Fsp3) is 0.419. The van der Waals surface area contributed by atoms with Crippen LogP contribution in [0.3, 0.4) is 0 Å². The van der Waals surface area contributed by atoms with Crippen LogP contribution in [0, 0.1) is 17.8 Å². The van der Waals surface area contributed by atoms with Gasteiger partial charge in [0.05, 0.1) is 5.02 Å². The summed E-state index contributed by atoms with van der Waals surface area (Å²) in [6.45, 7) is 10.2. The van der Waals surface area contributed by atoms with E-state index in [0.717, 1.165) is 29.8 Å². The molecule has 206 valence electrons. The average molecular weight is 568 g/mol. The molecule has 0 saturated carbocycles. The van der Waals surface area contributed by atoms with Gasteiger partial charge in [0.15, 0.2) is 17.3 Å². The van der Waals surface area contributed by atoms with Crippen molar-refractivity contribution in [3.63, 3.8) is 0 Å². The lowest BCUT2D eigenvalue weighted by atomic mass is 9.64. The molecule has 39 heavy (non-hydrogen) atoms. The summed E-state index contributed by atoms with van der Waals surface area (Å²) in [4.78, 5) is 29.4. The lowest BCUT2D eigenvalue weighted by Gasteiger charge is -2.47. The summed E-state index contributed by atoms with van der Waals surface area (Å²) in [5.74, 6) is -0.510. The first-order chi connectivity index (χ1) is 18.1. The fourth-order valence-electron chi connectivity index (χ4n) is 6.13. The number of benzene rings is 2. The van der Waals surface area contributed by atoms with E-state index in [0.29, 0.717) is 29.6 Å². The molecule has 3 aliphatic rings. The topological polar surface area (TPSA) is 80.8 Å². The molecule has 5 rings (SSSR count). The number of hydrogen-bond donors (Lipinski definition) is 0. The van der Waals surface area contributed by atoms with Crippen LogP contribution in [0.4, 0.5) is 0 Å². The Morgan fingerprint density at radius 3 is 1.85 bits per heavy atom. The average Bonchev–Trinajstić information content (AvgIpc) is 2.81. The van der Waals surface area contributed by atoms with E-state index in [9.17, 15) is 18.0 Å². The number of Topliss-reactive ketones (excluding diaryl/α,β-unsaturated/α-hetero) is 2. The Hall–Kier alpha value is -2.90. The molecule has 2 aromatic carbocycles. The SMILES string of the molecule is Cc1ccc(S(=O)(=O)Oc2ccc(C3C4=C(CC(C)(C)CC4=O)N(C)C4=C3C(=O)CC(C)(C)C4)cc2Cl)cc1. The predicted octanol–water partition coefficient (Wildman–Crippen LogP) is 6.73. The minimum atomic E-state index is -4.10. The number of hydrogen-bond acceptors (Lipinski definition) is 6. The molecule has 2 aromatic rings. The number of allylic oxidation sites excluding steroid dienone is 4. The van der Waals surface area contributed by atoms with Crippen LogP contribution in [0.5, 0.6) is 5.75 Å². The van der Waals surface area contributed by atoms with Gasteiger partial charge < -0.3 is 9.08 Å². The Morgan fingerprint density at radius 1 is 0.846 bits per heavy atom. The van der Waals surface area contributed by atoms with Gasteiger partial charge in [0.1, 0.15) is 4.90 Å². The van der Waals surface area contributed by atoms with Crippen molar-refractivity contribution >= 4 is 33.3 Å². The first-order valence-corrected chi connectivity index (χ1v) is 14.9. The molecule has 0 saturated heterocycles. The van der Waals surface area contributed by atoms with Crippen molar-refractivity contribution in [3.8, 4) is 5.75 Å². The van der Waals surface area contributed by atoms with Gasteiger partial charge in [-0.2, -0.15) is 8.42 Å². The molecular weight excluding hydrogens is 534 g/mol. The van der Waals surface area contributed by atoms with Crippen LogP contribution in [0.2, 0.25) is 5.02 Å². The molecule has 0 amide bonds. The Balaban J connectivity index is 1.60. The van der Waals surface area contributed by atoms with Gasteiger partial charge in [-0.1, -0.05) is 63.1 Å². The summed E-state index contributed by atoms with van der Waals surface area (Å²) in [7, 11) is -2.13. The van der Waals surface area contributed by atoms with E-state index in [-0.39, 0.29) is 38.1 Å². The van der Waals surface area contributed by atoms with Gasteiger partial charge >= 0.3 is 10.1 Å². The largest absolute Gasteiger partial charge is 0.377 e. The van der Waals surface area contributed by atoms with Crippen molar-refractivity contribution < 1.29 is 22.2 Å². The zero-order valence-corrected chi connectivity index (χ0v) is 24.8. The molecule has 0 bridgehead atoms. The van der Waals surface area contributed by atoms with E-state index < -0.39 is 16.0 Å². The van der Waals surface area contributed by atoms with E-state index in [2.05, 4.69) is 32.6 Å². The van der Waals surface area contributed by atoms with Crippen LogP contribution >= 0.6 is 11.6 Å². The number of carbonyl (C=O) groups is 2. The molecule has 0 radical (unpaired) electrons. The second-order valence-corrected chi connectivity index (χ2v) is 14.6. The maximum Gasteiger partial charge on any atom is 0.339 e. The molecule has 0 fully saturated rings. The second-order valence-electron chi connectivity index (χ2n) is 12.6. The van der Waals surface area contributed by atoms with Gasteiger partial charge in [0.25, 0.3) is 0 Å². The van der Waals surface area contributed by atoms with Crippen LogP contribution in [-0.2, 0) is 19.7 Å². The Labute approximate surface area is 235 Å². The van der Waals surface area contributed by atoms with Crippen molar-refractivity contribution in [2.24, 2.45) is 10.8 Å². The minimum absolute atomic E-state index is 0.00969. The first-order valence-electron chi connectivity index (χ1n) is 13.2. The molecule has 8 heteroatoms. The zero-order chi connectivity index (χ0) is 28.5. The Bertz CT molecular complexity index is 1510. The maximum absolute atomic E-state index is 13.6. The van der Waals surface area contributed by atoms with E-state index in [1.54, 1.807) is 24.3 Å². The number of rotatable bonds is 4. The minimum Gasteiger partial charge on any atom is -0.377 e. The van der Waals surface area contributed by atoms with E-state index in [4.69, 9.17) is 15.8 Å². The third kappa shape index (κ3) is 5.07. The standard InChI is InChI=1S/C31H34ClNO5S/c1-18-7-10-20(11-8-18)39(36,37)38-26-12-9-19(13-21(26)32)27-28-22(14-30(2,3)16-24(28)34)33(6)23-15-31(4,5)17-25(35)29(23)27/h7-13,27H,14-17H2,1-6H3. The monoisotopic (exact) mass is 567 g/mol. The Kier molecular flexibility index (Phi) is 6.62. The summed E-state index contributed by atoms with van der Waals surface area (Å²) in [6, 6.07) is 11.2. The number of nitrogens with zero attached hydrogens (tertiary/aromatic N) is 1. The van der Waals surface area contributed by atoms with Crippen LogP contribution < -0.4 is 4.18 Å². The summed E-state index contributed by atoms with van der Waals surface area (Å²) in [6.07, 6.45) is 2.22. The van der Waals surface area contributed by atoms with E-state index in [1.165, 1.54) is 18.2 Å². The fourth-order valence-corrected chi connectivity index (χ4v) is 7.35. The Morgan fingerprint density at radius 2 is 1.36 bits per heavy atom. The third-order valence-electron chi connectivity index (χ3n) is 7.98. The van der Waals surface area contributed by atoms with Gasteiger partial charge in [-0.15, -0.1) is 0 Å². The van der Waals surface area contributed by atoms with E-state index in [1.807, 2.05) is 14.0 Å². The molecule has 0 N–H and O–H groups in total. The van der Waals surface area contributed by atoms with Gasteiger partial charge in [0.2, 0.25) is 0 Å². The zero-order valence-electron chi connectivity index (χ0n) is 23.2. The van der Waals surface area contributed by atoms with Crippen molar-refractivity contribution in [2.75, 3.05) is 7.05 Å². The van der Waals surface area contributed by atoms with Crippen molar-refractivity contribution in [1.82, 2.24) is 4.90 Å². The molecule has 0 atom stereocenters. The smallest absolute Gasteiger partial charge is 0.339 e. The third-order valence-corrected chi connectivity index (χ3v) is 9.52. The second kappa shape index (κ2) is 9.34. The molecule has 0 aromatic heterocycles. The molecule has 1 heterocycles. The molecule has 2 aliphatic carbocycles. The maximum atomic E-state index is 13.6. The summed E-state index contributed by atoms with van der Waals surface area (Å²) in [5, 5.41) is 0.0959. The van der Waals surface area contributed by atoms with Gasteiger partial charge in [0, 0.05) is 48.3 Å². The number of aryl methyl sites for hydroxylation is 1. The molecule has 0 spiro atoms. The molecular formula is C31H34ClNO5S. The summed E-state index contributed by atoms with van der Waals surface area (Å²) in [5.41, 5.74) is 4.39. The number of halogens is 1. The highest BCUT2D eigenvalue weighted by Crippen LogP contribution is 2.54. The first kappa shape index (κ1) is 27.7. The normalized spacial score (nSPS) is 21.2. The van der Waals surface area contributed by atoms with Crippen LogP contribution in [0.25, 0.3) is 0 Å². The summed E-state index contributed by atoms with van der Waals surface area (Å²) >= 11 is 6.61. The van der Waals surface area contributed by atoms with Crippen molar-refractivity contribution in [3.05, 3.63) is 81.2 Å². The van der Waals surface area contributed by atoms with Crippen LogP contribution in [-0.4, -0.2) is 31.9 Å². The lowest BCUT2D eigenvalue weighted by molar-refractivity contribution is -0.119. The van der Waals surface area contributed by atoms with Crippen molar-refractivity contribution in [1.29, 1.82) is 0 Å². The number of carbonyl (C=O) groups excluding carboxylic acids is 2. The number of ketones is 2. The van der Waals surface area contributed by atoms with Gasteiger partial charge in [-0.3, -0.25) is 9.59 Å². The quantitative estimate of drug-likeness (QED) is 0.381. The van der Waals surface area contributed by atoms with Crippen LogP contribution in [0.1, 0.15) is 70.4 Å². The van der Waals surface area contributed by atoms with Crippen LogP contribution in [0.15, 0.2) is 69.9 Å². The molecule has 1 aliphatic heterocycles. The van der Waals surface area contributed by atoms with E-state index >= 15 is 0 Å². The molecule has 0 unspecified atom stereocenters. The molecule has 6 nitrogen and oxygen atoms in total.